The lowest BCUT2D eigenvalue weighted by Crippen LogP contribution is -2.48. The summed E-state index contributed by atoms with van der Waals surface area (Å²) in [6, 6.07) is 14.7. The Labute approximate surface area is 182 Å². The zero-order valence-electron chi connectivity index (χ0n) is 17.4. The highest BCUT2D eigenvalue weighted by Crippen LogP contribution is 2.28. The van der Waals surface area contributed by atoms with Crippen LogP contribution in [0.25, 0.3) is 0 Å². The molecule has 1 fully saturated rings. The fourth-order valence-electron chi connectivity index (χ4n) is 3.66. The highest BCUT2D eigenvalue weighted by molar-refractivity contribution is 6.31. The minimum Gasteiger partial charge on any atom is -0.495 e. The van der Waals surface area contributed by atoms with E-state index in [1.165, 1.54) is 0 Å². The highest BCUT2D eigenvalue weighted by atomic mass is 35.5. The normalized spacial score (nSPS) is 16.0. The first kappa shape index (κ1) is 22.1. The molecule has 160 valence electrons. The maximum Gasteiger partial charge on any atom is 0.241 e. The number of hydrogen-bond acceptors (Lipinski definition) is 4. The van der Waals surface area contributed by atoms with Gasteiger partial charge in [-0.25, -0.2) is 0 Å². The first-order chi connectivity index (χ1) is 14.5. The predicted octanol–water partition coefficient (Wildman–Crippen LogP) is 3.70. The number of methoxy groups -OCH3 is 1. The molecule has 3 rings (SSSR count). The summed E-state index contributed by atoms with van der Waals surface area (Å²) in [5, 5.41) is 6.45. The van der Waals surface area contributed by atoms with Gasteiger partial charge in [0.25, 0.3) is 0 Å². The van der Waals surface area contributed by atoms with Crippen LogP contribution >= 0.6 is 11.6 Å². The first-order valence-electron chi connectivity index (χ1n) is 10.2. The summed E-state index contributed by atoms with van der Waals surface area (Å²) in [6.07, 6.45) is 1.47. The van der Waals surface area contributed by atoms with Gasteiger partial charge in [-0.1, -0.05) is 41.9 Å². The molecule has 0 aliphatic carbocycles. The molecule has 1 heterocycles. The number of nitrogens with one attached hydrogen (secondary N) is 2. The third kappa shape index (κ3) is 5.74. The van der Waals surface area contributed by atoms with E-state index in [1.54, 1.807) is 25.3 Å². The van der Waals surface area contributed by atoms with Crippen molar-refractivity contribution in [3.8, 4) is 5.75 Å². The van der Waals surface area contributed by atoms with Gasteiger partial charge in [0.1, 0.15) is 5.75 Å². The maximum atomic E-state index is 12.7. The zero-order chi connectivity index (χ0) is 21.5. The zero-order valence-corrected chi connectivity index (χ0v) is 18.1. The number of anilines is 1. The monoisotopic (exact) mass is 429 g/mol. The summed E-state index contributed by atoms with van der Waals surface area (Å²) in [4.78, 5) is 27.3. The molecule has 0 radical (unpaired) electrons. The third-order valence-electron chi connectivity index (χ3n) is 5.56. The number of hydrogen-bond donors (Lipinski definition) is 2. The van der Waals surface area contributed by atoms with Crippen molar-refractivity contribution in [3.05, 3.63) is 59.1 Å². The van der Waals surface area contributed by atoms with Crippen LogP contribution in [0.1, 0.15) is 25.3 Å². The lowest BCUT2D eigenvalue weighted by atomic mass is 9.94. The standard InChI is InChI=1S/C23H28ClN3O3/c1-16(22(28)26-20-14-19(24)8-9-21(20)30-2)27-12-10-18(11-13-27)23(29)25-15-17-6-4-3-5-7-17/h3-9,14,16,18H,10-13,15H2,1-2H3,(H,25,29)(H,26,28). The molecule has 1 aliphatic heterocycles. The third-order valence-corrected chi connectivity index (χ3v) is 5.79. The Hall–Kier alpha value is -2.57. The summed E-state index contributed by atoms with van der Waals surface area (Å²) in [5.74, 6) is 0.504. The second kappa shape index (κ2) is 10.5. The molecule has 0 spiro atoms. The van der Waals surface area contributed by atoms with Crippen LogP contribution in [0, 0.1) is 5.92 Å². The van der Waals surface area contributed by atoms with Gasteiger partial charge >= 0.3 is 0 Å². The average molecular weight is 430 g/mol. The van der Waals surface area contributed by atoms with Crippen molar-refractivity contribution in [1.82, 2.24) is 10.2 Å². The van der Waals surface area contributed by atoms with Crippen LogP contribution in [0.2, 0.25) is 5.02 Å². The molecule has 2 aromatic carbocycles. The highest BCUT2D eigenvalue weighted by Gasteiger charge is 2.30. The number of carbonyl (C=O) groups is 2. The molecular weight excluding hydrogens is 402 g/mol. The van der Waals surface area contributed by atoms with Crippen LogP contribution in [0.4, 0.5) is 5.69 Å². The topological polar surface area (TPSA) is 70.7 Å². The van der Waals surface area contributed by atoms with Gasteiger partial charge in [0.05, 0.1) is 18.8 Å². The molecule has 30 heavy (non-hydrogen) atoms. The van der Waals surface area contributed by atoms with Crippen LogP contribution in [-0.4, -0.2) is 43.0 Å². The lowest BCUT2D eigenvalue weighted by molar-refractivity contribution is -0.127. The second-order valence-electron chi connectivity index (χ2n) is 7.52. The minimum atomic E-state index is -0.318. The minimum absolute atomic E-state index is 0.0201. The molecule has 7 heteroatoms. The largest absolute Gasteiger partial charge is 0.495 e. The van der Waals surface area contributed by atoms with Gasteiger partial charge in [0, 0.05) is 17.5 Å². The van der Waals surface area contributed by atoms with Crippen LogP contribution < -0.4 is 15.4 Å². The van der Waals surface area contributed by atoms with Crippen molar-refractivity contribution >= 4 is 29.1 Å². The molecule has 0 saturated carbocycles. The van der Waals surface area contributed by atoms with Gasteiger partial charge in [-0.05, 0) is 56.6 Å². The number of rotatable bonds is 7. The Morgan fingerprint density at radius 3 is 2.53 bits per heavy atom. The number of likely N-dealkylation sites (tertiary alicyclic amines) is 1. The van der Waals surface area contributed by atoms with E-state index in [4.69, 9.17) is 16.3 Å². The fourth-order valence-corrected chi connectivity index (χ4v) is 3.83. The van der Waals surface area contributed by atoms with Crippen molar-refractivity contribution in [2.24, 2.45) is 5.92 Å². The Bertz CT molecular complexity index is 867. The molecule has 1 saturated heterocycles. The van der Waals surface area contributed by atoms with E-state index in [0.717, 1.165) is 18.4 Å². The van der Waals surface area contributed by atoms with Gasteiger partial charge in [-0.2, -0.15) is 0 Å². The van der Waals surface area contributed by atoms with Crippen molar-refractivity contribution in [1.29, 1.82) is 0 Å². The predicted molar refractivity (Wildman–Crippen MR) is 119 cm³/mol. The quantitative estimate of drug-likeness (QED) is 0.704. The van der Waals surface area contributed by atoms with E-state index in [9.17, 15) is 9.59 Å². The molecule has 0 bridgehead atoms. The fraction of sp³-hybridized carbons (Fsp3) is 0.391. The Balaban J connectivity index is 1.48. The maximum absolute atomic E-state index is 12.7. The number of amides is 2. The van der Waals surface area contributed by atoms with E-state index in [2.05, 4.69) is 15.5 Å². The lowest BCUT2D eigenvalue weighted by Gasteiger charge is -2.34. The van der Waals surface area contributed by atoms with Gasteiger partial charge < -0.3 is 15.4 Å². The average Bonchev–Trinajstić information content (AvgIpc) is 2.78. The van der Waals surface area contributed by atoms with Gasteiger partial charge in [-0.3, -0.25) is 14.5 Å². The molecule has 6 nitrogen and oxygen atoms in total. The molecule has 1 atom stereocenters. The van der Waals surface area contributed by atoms with Crippen molar-refractivity contribution in [2.45, 2.75) is 32.4 Å². The smallest absolute Gasteiger partial charge is 0.241 e. The van der Waals surface area contributed by atoms with Crippen molar-refractivity contribution in [3.63, 3.8) is 0 Å². The summed E-state index contributed by atoms with van der Waals surface area (Å²) >= 11 is 6.04. The molecule has 2 amide bonds. The Morgan fingerprint density at radius 1 is 1.17 bits per heavy atom. The molecule has 2 aromatic rings. The number of piperidine rings is 1. The van der Waals surface area contributed by atoms with Gasteiger partial charge in [0.2, 0.25) is 11.8 Å². The number of carbonyl (C=O) groups excluding carboxylic acids is 2. The number of halogens is 1. The van der Waals surface area contributed by atoms with Gasteiger partial charge in [-0.15, -0.1) is 0 Å². The van der Waals surface area contributed by atoms with Crippen molar-refractivity contribution < 1.29 is 14.3 Å². The molecule has 2 N–H and O–H groups in total. The van der Waals surface area contributed by atoms with Crippen LogP contribution in [0.3, 0.4) is 0 Å². The SMILES string of the molecule is COc1ccc(Cl)cc1NC(=O)C(C)N1CCC(C(=O)NCc2ccccc2)CC1. The summed E-state index contributed by atoms with van der Waals surface area (Å²) in [5.41, 5.74) is 1.64. The number of ether oxygens (including phenoxy) is 1. The Kier molecular flexibility index (Phi) is 7.71. The van der Waals surface area contributed by atoms with E-state index in [1.807, 2.05) is 37.3 Å². The molecular formula is C23H28ClN3O3. The first-order valence-corrected chi connectivity index (χ1v) is 10.6. The van der Waals surface area contributed by atoms with Crippen LogP contribution in [0.15, 0.2) is 48.5 Å². The van der Waals surface area contributed by atoms with E-state index in [0.29, 0.717) is 36.1 Å². The van der Waals surface area contributed by atoms with E-state index < -0.39 is 0 Å². The van der Waals surface area contributed by atoms with E-state index >= 15 is 0 Å². The Morgan fingerprint density at radius 2 is 1.87 bits per heavy atom. The summed E-state index contributed by atoms with van der Waals surface area (Å²) < 4.78 is 5.29. The number of benzene rings is 2. The second-order valence-corrected chi connectivity index (χ2v) is 7.96. The van der Waals surface area contributed by atoms with Crippen molar-refractivity contribution in [2.75, 3.05) is 25.5 Å². The van der Waals surface area contributed by atoms with E-state index in [-0.39, 0.29) is 23.8 Å². The summed E-state index contributed by atoms with van der Waals surface area (Å²) in [7, 11) is 1.55. The molecule has 0 aromatic heterocycles. The summed E-state index contributed by atoms with van der Waals surface area (Å²) in [6.45, 7) is 3.82. The van der Waals surface area contributed by atoms with Crippen LogP contribution in [-0.2, 0) is 16.1 Å². The molecule has 1 aliphatic rings. The number of nitrogens with zero attached hydrogens (tertiary/aromatic N) is 1. The van der Waals surface area contributed by atoms with Crippen LogP contribution in [0.5, 0.6) is 5.75 Å². The van der Waals surface area contributed by atoms with Gasteiger partial charge in [0.15, 0.2) is 0 Å². The molecule has 1 unspecified atom stereocenters.